The number of aryl methyl sites for hydroxylation is 2. The van der Waals surface area contributed by atoms with Crippen LogP contribution in [0.3, 0.4) is 0 Å². The predicted molar refractivity (Wildman–Crippen MR) is 71.6 cm³/mol. The maximum Gasteiger partial charge on any atom is 0.105 e. The number of nitrogens with zero attached hydrogens (tertiary/aromatic N) is 2. The largest absolute Gasteiger partial charge is 0.469 e. The monoisotopic (exact) mass is 247 g/mol. The molecule has 0 saturated heterocycles. The summed E-state index contributed by atoms with van der Waals surface area (Å²) in [5, 5.41) is 7.82. The quantitative estimate of drug-likeness (QED) is 0.879. The Labute approximate surface area is 108 Å². The van der Waals surface area contributed by atoms with E-state index in [1.807, 2.05) is 30.9 Å². The first-order valence-electron chi connectivity index (χ1n) is 6.30. The van der Waals surface area contributed by atoms with Crippen molar-refractivity contribution in [3.63, 3.8) is 0 Å². The van der Waals surface area contributed by atoms with Gasteiger partial charge in [-0.25, -0.2) is 0 Å². The van der Waals surface area contributed by atoms with Crippen LogP contribution in [0.25, 0.3) is 0 Å². The number of furan rings is 1. The Kier molecular flexibility index (Phi) is 3.87. The van der Waals surface area contributed by atoms with Crippen LogP contribution in [0, 0.1) is 13.8 Å². The Morgan fingerprint density at radius 1 is 1.39 bits per heavy atom. The van der Waals surface area contributed by atoms with E-state index in [1.165, 1.54) is 11.3 Å². The minimum Gasteiger partial charge on any atom is -0.469 e. The second-order valence-corrected chi connectivity index (χ2v) is 4.75. The van der Waals surface area contributed by atoms with Gasteiger partial charge < -0.3 is 9.73 Å². The van der Waals surface area contributed by atoms with Crippen LogP contribution >= 0.6 is 0 Å². The highest BCUT2D eigenvalue weighted by atomic mass is 16.3. The van der Waals surface area contributed by atoms with Crippen molar-refractivity contribution >= 4 is 0 Å². The molecule has 0 aliphatic heterocycles. The molecule has 18 heavy (non-hydrogen) atoms. The van der Waals surface area contributed by atoms with Gasteiger partial charge in [-0.1, -0.05) is 0 Å². The first-order chi connectivity index (χ1) is 8.61. The van der Waals surface area contributed by atoms with Gasteiger partial charge in [0, 0.05) is 25.2 Å². The molecule has 2 aromatic heterocycles. The van der Waals surface area contributed by atoms with E-state index in [-0.39, 0.29) is 0 Å². The number of hydrogen-bond acceptors (Lipinski definition) is 3. The Morgan fingerprint density at radius 3 is 2.67 bits per heavy atom. The zero-order valence-corrected chi connectivity index (χ0v) is 11.5. The van der Waals surface area contributed by atoms with E-state index >= 15 is 0 Å². The van der Waals surface area contributed by atoms with Crippen LogP contribution < -0.4 is 5.32 Å². The highest BCUT2D eigenvalue weighted by Crippen LogP contribution is 2.16. The van der Waals surface area contributed by atoms with E-state index < -0.39 is 0 Å². The molecule has 0 saturated carbocycles. The van der Waals surface area contributed by atoms with E-state index in [0.717, 1.165) is 24.3 Å². The molecule has 0 radical (unpaired) electrons. The molecule has 0 fully saturated rings. The van der Waals surface area contributed by atoms with Gasteiger partial charge in [-0.3, -0.25) is 4.68 Å². The predicted octanol–water partition coefficient (Wildman–Crippen LogP) is 2.00. The number of aromatic nitrogens is 2. The molecule has 4 heteroatoms. The van der Waals surface area contributed by atoms with E-state index in [9.17, 15) is 0 Å². The van der Waals surface area contributed by atoms with Gasteiger partial charge >= 0.3 is 0 Å². The van der Waals surface area contributed by atoms with Gasteiger partial charge in [-0.05, 0) is 45.0 Å². The van der Waals surface area contributed by atoms with Crippen molar-refractivity contribution in [1.82, 2.24) is 15.1 Å². The average Bonchev–Trinajstić information content (AvgIpc) is 2.92. The third-order valence-electron chi connectivity index (χ3n) is 3.55. The molecule has 0 aromatic carbocycles. The van der Waals surface area contributed by atoms with Crippen molar-refractivity contribution in [1.29, 1.82) is 0 Å². The Bertz CT molecular complexity index is 499. The molecule has 2 heterocycles. The fourth-order valence-electron chi connectivity index (χ4n) is 2.31. The summed E-state index contributed by atoms with van der Waals surface area (Å²) in [4.78, 5) is 0. The van der Waals surface area contributed by atoms with Gasteiger partial charge in [-0.2, -0.15) is 5.10 Å². The van der Waals surface area contributed by atoms with Crippen LogP contribution in [0.15, 0.2) is 22.8 Å². The van der Waals surface area contributed by atoms with Crippen molar-refractivity contribution in [2.24, 2.45) is 7.05 Å². The number of nitrogens with one attached hydrogen (secondary N) is 1. The Morgan fingerprint density at radius 2 is 2.17 bits per heavy atom. The summed E-state index contributed by atoms with van der Waals surface area (Å²) in [6, 6.07) is 4.33. The lowest BCUT2D eigenvalue weighted by molar-refractivity contribution is 0.456. The lowest BCUT2D eigenvalue weighted by Gasteiger charge is -2.15. The molecular weight excluding hydrogens is 226 g/mol. The minimum absolute atomic E-state index is 0.373. The fraction of sp³-hybridized carbons (Fsp3) is 0.500. The third-order valence-corrected chi connectivity index (χ3v) is 3.55. The van der Waals surface area contributed by atoms with Gasteiger partial charge in [-0.15, -0.1) is 0 Å². The summed E-state index contributed by atoms with van der Waals surface area (Å²) in [5.74, 6) is 1.02. The van der Waals surface area contributed by atoms with E-state index in [0.29, 0.717) is 6.04 Å². The molecule has 4 nitrogen and oxygen atoms in total. The minimum atomic E-state index is 0.373. The zero-order valence-electron chi connectivity index (χ0n) is 11.5. The lowest BCUT2D eigenvalue weighted by atomic mass is 10.0. The van der Waals surface area contributed by atoms with Gasteiger partial charge in [0.25, 0.3) is 0 Å². The number of likely N-dealkylation sites (N-methyl/N-ethyl adjacent to an activating group) is 1. The molecule has 2 aromatic rings. The summed E-state index contributed by atoms with van der Waals surface area (Å²) in [6.45, 7) is 4.19. The smallest absolute Gasteiger partial charge is 0.105 e. The summed E-state index contributed by atoms with van der Waals surface area (Å²) in [7, 11) is 3.99. The molecule has 1 atom stereocenters. The normalized spacial score (nSPS) is 12.9. The summed E-state index contributed by atoms with van der Waals surface area (Å²) in [6.07, 6.45) is 3.60. The summed E-state index contributed by atoms with van der Waals surface area (Å²) < 4.78 is 7.36. The second-order valence-electron chi connectivity index (χ2n) is 4.75. The van der Waals surface area contributed by atoms with Crippen LogP contribution in [0.2, 0.25) is 0 Å². The van der Waals surface area contributed by atoms with Crippen LogP contribution in [-0.2, 0) is 19.9 Å². The zero-order chi connectivity index (χ0) is 13.1. The lowest BCUT2D eigenvalue weighted by Crippen LogP contribution is -2.30. The first-order valence-corrected chi connectivity index (χ1v) is 6.30. The SMILES string of the molecule is CNC(Cc1ccco1)Cc1c(C)nn(C)c1C. The summed E-state index contributed by atoms with van der Waals surface area (Å²) in [5.41, 5.74) is 3.70. The van der Waals surface area contributed by atoms with Gasteiger partial charge in [0.15, 0.2) is 0 Å². The maximum absolute atomic E-state index is 5.41. The van der Waals surface area contributed by atoms with Crippen LogP contribution in [0.5, 0.6) is 0 Å². The van der Waals surface area contributed by atoms with Gasteiger partial charge in [0.1, 0.15) is 5.76 Å². The molecule has 0 amide bonds. The Hall–Kier alpha value is -1.55. The van der Waals surface area contributed by atoms with Crippen molar-refractivity contribution in [2.45, 2.75) is 32.7 Å². The van der Waals surface area contributed by atoms with Gasteiger partial charge in [0.05, 0.1) is 12.0 Å². The number of hydrogen-bond donors (Lipinski definition) is 1. The van der Waals surface area contributed by atoms with Crippen molar-refractivity contribution in [2.75, 3.05) is 7.05 Å². The summed E-state index contributed by atoms with van der Waals surface area (Å²) >= 11 is 0. The standard InChI is InChI=1S/C14H21N3O/c1-10-14(11(2)17(4)16-10)9-12(15-3)8-13-6-5-7-18-13/h5-7,12,15H,8-9H2,1-4H3. The molecule has 1 unspecified atom stereocenters. The third kappa shape index (κ3) is 2.64. The maximum atomic E-state index is 5.41. The van der Waals surface area contributed by atoms with Crippen LogP contribution in [-0.4, -0.2) is 22.9 Å². The van der Waals surface area contributed by atoms with E-state index in [2.05, 4.69) is 24.3 Å². The van der Waals surface area contributed by atoms with Crippen LogP contribution in [0.1, 0.15) is 22.7 Å². The Balaban J connectivity index is 2.10. The average molecular weight is 247 g/mol. The van der Waals surface area contributed by atoms with Crippen molar-refractivity contribution < 1.29 is 4.42 Å². The molecule has 1 N–H and O–H groups in total. The van der Waals surface area contributed by atoms with Crippen molar-refractivity contribution in [3.05, 3.63) is 41.1 Å². The highest BCUT2D eigenvalue weighted by molar-refractivity contribution is 5.25. The molecule has 0 spiro atoms. The van der Waals surface area contributed by atoms with E-state index in [4.69, 9.17) is 4.42 Å². The fourth-order valence-corrected chi connectivity index (χ4v) is 2.31. The highest BCUT2D eigenvalue weighted by Gasteiger charge is 2.16. The first kappa shape index (κ1) is 12.9. The molecule has 2 rings (SSSR count). The molecule has 0 bridgehead atoms. The molecule has 0 aliphatic carbocycles. The molecule has 0 aliphatic rings. The number of rotatable bonds is 5. The molecular formula is C14H21N3O. The van der Waals surface area contributed by atoms with E-state index in [1.54, 1.807) is 6.26 Å². The van der Waals surface area contributed by atoms with Crippen LogP contribution in [0.4, 0.5) is 0 Å². The second kappa shape index (κ2) is 5.40. The molecule has 98 valence electrons. The van der Waals surface area contributed by atoms with Gasteiger partial charge in [0.2, 0.25) is 0 Å². The topological polar surface area (TPSA) is 43.0 Å². The van der Waals surface area contributed by atoms with Crippen molar-refractivity contribution in [3.8, 4) is 0 Å².